The number of amides is 2. The molecule has 0 aliphatic heterocycles. The first-order chi connectivity index (χ1) is 9.26. The van der Waals surface area contributed by atoms with Gasteiger partial charge in [0.15, 0.2) is 0 Å². The van der Waals surface area contributed by atoms with Crippen molar-refractivity contribution < 1.29 is 14.7 Å². The molecule has 0 aromatic heterocycles. The van der Waals surface area contributed by atoms with Gasteiger partial charge in [-0.25, -0.2) is 4.79 Å². The molecule has 0 bridgehead atoms. The van der Waals surface area contributed by atoms with E-state index >= 15 is 0 Å². The Labute approximate surface area is 120 Å². The first kappa shape index (κ1) is 16.8. The van der Waals surface area contributed by atoms with E-state index in [4.69, 9.17) is 5.11 Å². The summed E-state index contributed by atoms with van der Waals surface area (Å²) < 4.78 is 0. The van der Waals surface area contributed by atoms with Crippen molar-refractivity contribution >= 4 is 12.0 Å². The summed E-state index contributed by atoms with van der Waals surface area (Å²) in [6, 6.07) is -0.293. The summed E-state index contributed by atoms with van der Waals surface area (Å²) in [7, 11) is 4.05. The lowest BCUT2D eigenvalue weighted by Crippen LogP contribution is -2.58. The van der Waals surface area contributed by atoms with E-state index in [1.54, 1.807) is 6.92 Å². The van der Waals surface area contributed by atoms with Gasteiger partial charge in [-0.15, -0.1) is 0 Å². The Kier molecular flexibility index (Phi) is 5.39. The third-order valence-electron chi connectivity index (χ3n) is 4.75. The Bertz CT molecular complexity index is 367. The number of carboxylic acids is 1. The first-order valence-corrected chi connectivity index (χ1v) is 7.18. The molecule has 0 saturated heterocycles. The molecule has 1 fully saturated rings. The van der Waals surface area contributed by atoms with Crippen LogP contribution in [0.1, 0.15) is 39.5 Å². The minimum Gasteiger partial charge on any atom is -0.481 e. The molecule has 1 atom stereocenters. The fraction of sp³-hybridized carbons (Fsp3) is 0.857. The Morgan fingerprint density at radius 1 is 1.30 bits per heavy atom. The third-order valence-corrected chi connectivity index (χ3v) is 4.75. The number of carbonyl (C=O) groups is 2. The summed E-state index contributed by atoms with van der Waals surface area (Å²) in [6.45, 7) is 4.19. The smallest absolute Gasteiger partial charge is 0.314 e. The van der Waals surface area contributed by atoms with Crippen LogP contribution in [0.25, 0.3) is 0 Å². The number of nitrogens with one attached hydrogen (secondary N) is 2. The molecule has 0 radical (unpaired) electrons. The van der Waals surface area contributed by atoms with E-state index in [0.717, 1.165) is 12.8 Å². The van der Waals surface area contributed by atoms with Crippen molar-refractivity contribution in [3.05, 3.63) is 0 Å². The largest absolute Gasteiger partial charge is 0.481 e. The van der Waals surface area contributed by atoms with Crippen molar-refractivity contribution in [1.29, 1.82) is 0 Å². The van der Waals surface area contributed by atoms with Crippen molar-refractivity contribution in [3.8, 4) is 0 Å². The highest BCUT2D eigenvalue weighted by Crippen LogP contribution is 2.35. The summed E-state index contributed by atoms with van der Waals surface area (Å²) >= 11 is 0. The lowest BCUT2D eigenvalue weighted by atomic mass is 9.75. The molecular formula is C14H27N3O3. The Hall–Kier alpha value is -1.30. The van der Waals surface area contributed by atoms with Gasteiger partial charge < -0.3 is 20.6 Å². The molecule has 3 N–H and O–H groups in total. The second kappa shape index (κ2) is 6.43. The molecule has 116 valence electrons. The molecule has 20 heavy (non-hydrogen) atoms. The number of carbonyl (C=O) groups excluding carboxylic acids is 1. The van der Waals surface area contributed by atoms with Crippen LogP contribution in [0.4, 0.5) is 4.79 Å². The second-order valence-corrected chi connectivity index (χ2v) is 6.23. The monoisotopic (exact) mass is 285 g/mol. The fourth-order valence-electron chi connectivity index (χ4n) is 2.30. The van der Waals surface area contributed by atoms with Crippen LogP contribution < -0.4 is 10.6 Å². The van der Waals surface area contributed by atoms with Crippen LogP contribution in [-0.4, -0.2) is 54.7 Å². The number of nitrogens with zero attached hydrogens (tertiary/aromatic N) is 1. The van der Waals surface area contributed by atoms with Crippen LogP contribution in [0.2, 0.25) is 0 Å². The SMILES string of the molecule is CCC(C)(CNC(=O)NCC1(N(C)C)CCC1)C(=O)O. The summed E-state index contributed by atoms with van der Waals surface area (Å²) in [5.74, 6) is -0.885. The minimum atomic E-state index is -0.910. The van der Waals surface area contributed by atoms with Gasteiger partial charge in [0.05, 0.1) is 5.41 Å². The number of hydrogen-bond donors (Lipinski definition) is 3. The van der Waals surface area contributed by atoms with Gasteiger partial charge in [0.25, 0.3) is 0 Å². The van der Waals surface area contributed by atoms with Crippen LogP contribution in [0.3, 0.4) is 0 Å². The normalized spacial score (nSPS) is 19.9. The number of likely N-dealkylation sites (N-methyl/N-ethyl adjacent to an activating group) is 1. The molecule has 1 saturated carbocycles. The van der Waals surface area contributed by atoms with E-state index in [1.165, 1.54) is 6.42 Å². The van der Waals surface area contributed by atoms with Crippen LogP contribution in [0.15, 0.2) is 0 Å². The second-order valence-electron chi connectivity index (χ2n) is 6.23. The summed E-state index contributed by atoms with van der Waals surface area (Å²) in [4.78, 5) is 25.1. The number of rotatable bonds is 7. The number of aliphatic carboxylic acids is 1. The lowest BCUT2D eigenvalue weighted by Gasteiger charge is -2.47. The van der Waals surface area contributed by atoms with E-state index in [2.05, 4.69) is 15.5 Å². The van der Waals surface area contributed by atoms with Crippen molar-refractivity contribution in [1.82, 2.24) is 15.5 Å². The zero-order valence-electron chi connectivity index (χ0n) is 13.0. The average molecular weight is 285 g/mol. The van der Waals surface area contributed by atoms with Gasteiger partial charge >= 0.3 is 12.0 Å². The predicted molar refractivity (Wildman–Crippen MR) is 77.7 cm³/mol. The maximum Gasteiger partial charge on any atom is 0.314 e. The average Bonchev–Trinajstić information content (AvgIpc) is 2.33. The van der Waals surface area contributed by atoms with Crippen LogP contribution >= 0.6 is 0 Å². The van der Waals surface area contributed by atoms with Gasteiger partial charge in [0.1, 0.15) is 0 Å². The summed E-state index contributed by atoms with van der Waals surface area (Å²) in [6.07, 6.45) is 3.84. The van der Waals surface area contributed by atoms with Gasteiger partial charge in [-0.05, 0) is 46.7 Å². The zero-order valence-corrected chi connectivity index (χ0v) is 13.0. The van der Waals surface area contributed by atoms with E-state index in [0.29, 0.717) is 13.0 Å². The Morgan fingerprint density at radius 2 is 1.90 bits per heavy atom. The number of hydrogen-bond acceptors (Lipinski definition) is 3. The molecule has 0 heterocycles. The highest BCUT2D eigenvalue weighted by Gasteiger charge is 2.39. The van der Waals surface area contributed by atoms with Gasteiger partial charge in [-0.2, -0.15) is 0 Å². The molecule has 1 unspecified atom stereocenters. The van der Waals surface area contributed by atoms with Crippen molar-refractivity contribution in [2.75, 3.05) is 27.2 Å². The van der Waals surface area contributed by atoms with Crippen molar-refractivity contribution in [2.24, 2.45) is 5.41 Å². The van der Waals surface area contributed by atoms with Gasteiger partial charge in [-0.3, -0.25) is 4.79 Å². The molecule has 6 heteroatoms. The fourth-order valence-corrected chi connectivity index (χ4v) is 2.30. The van der Waals surface area contributed by atoms with Gasteiger partial charge in [0.2, 0.25) is 0 Å². The molecule has 0 spiro atoms. The van der Waals surface area contributed by atoms with E-state index < -0.39 is 11.4 Å². The molecule has 0 aromatic rings. The molecule has 2 amide bonds. The van der Waals surface area contributed by atoms with Crippen LogP contribution in [0.5, 0.6) is 0 Å². The van der Waals surface area contributed by atoms with Gasteiger partial charge in [0, 0.05) is 18.6 Å². The highest BCUT2D eigenvalue weighted by atomic mass is 16.4. The van der Waals surface area contributed by atoms with Gasteiger partial charge in [-0.1, -0.05) is 6.92 Å². The molecule has 1 aliphatic carbocycles. The molecule has 1 rings (SSSR count). The molecular weight excluding hydrogens is 258 g/mol. The standard InChI is InChI=1S/C14H27N3O3/c1-5-13(2,11(18)19)9-15-12(20)16-10-14(17(3)4)7-6-8-14/h5-10H2,1-4H3,(H,18,19)(H2,15,16,20). The summed E-state index contributed by atoms with van der Waals surface area (Å²) in [5.41, 5.74) is -0.842. The predicted octanol–water partition coefficient (Wildman–Crippen LogP) is 1.27. The first-order valence-electron chi connectivity index (χ1n) is 7.18. The van der Waals surface area contributed by atoms with E-state index in [-0.39, 0.29) is 18.1 Å². The third kappa shape index (κ3) is 3.62. The Morgan fingerprint density at radius 3 is 2.25 bits per heavy atom. The topological polar surface area (TPSA) is 81.7 Å². The van der Waals surface area contributed by atoms with E-state index in [1.807, 2.05) is 21.0 Å². The lowest BCUT2D eigenvalue weighted by molar-refractivity contribution is -0.147. The minimum absolute atomic E-state index is 0.0677. The number of urea groups is 1. The Balaban J connectivity index is 2.39. The van der Waals surface area contributed by atoms with Crippen molar-refractivity contribution in [3.63, 3.8) is 0 Å². The molecule has 0 aromatic carbocycles. The van der Waals surface area contributed by atoms with Crippen molar-refractivity contribution in [2.45, 2.75) is 45.1 Å². The maximum atomic E-state index is 11.8. The van der Waals surface area contributed by atoms with Crippen LogP contribution in [-0.2, 0) is 4.79 Å². The number of carboxylic acid groups (broad SMARTS) is 1. The molecule has 6 nitrogen and oxygen atoms in total. The van der Waals surface area contributed by atoms with Crippen LogP contribution in [0, 0.1) is 5.41 Å². The quantitative estimate of drug-likeness (QED) is 0.658. The summed E-state index contributed by atoms with van der Waals surface area (Å²) in [5, 5.41) is 14.7. The van der Waals surface area contributed by atoms with E-state index in [9.17, 15) is 9.59 Å². The zero-order chi connectivity index (χ0) is 15.4. The molecule has 1 aliphatic rings. The highest BCUT2D eigenvalue weighted by molar-refractivity contribution is 5.77. The maximum absolute atomic E-state index is 11.8.